The summed E-state index contributed by atoms with van der Waals surface area (Å²) < 4.78 is 10.5. The zero-order chi connectivity index (χ0) is 17.7. The van der Waals surface area contributed by atoms with E-state index in [4.69, 9.17) is 9.47 Å². The number of ether oxygens (including phenoxy) is 2. The maximum absolute atomic E-state index is 11.9. The van der Waals surface area contributed by atoms with Crippen molar-refractivity contribution < 1.29 is 19.1 Å². The van der Waals surface area contributed by atoms with E-state index in [1.807, 2.05) is 0 Å². The molecule has 1 aliphatic rings. The van der Waals surface area contributed by atoms with Gasteiger partial charge in [0.15, 0.2) is 0 Å². The Hall–Kier alpha value is -0.360. The topological polar surface area (TPSA) is 52.6 Å². The summed E-state index contributed by atoms with van der Waals surface area (Å²) in [5, 5.41) is 0. The van der Waals surface area contributed by atoms with Gasteiger partial charge >= 0.3 is 11.9 Å². The molecule has 0 aliphatic heterocycles. The molecule has 24 heavy (non-hydrogen) atoms. The highest BCUT2D eigenvalue weighted by Crippen LogP contribution is 2.48. The Morgan fingerprint density at radius 1 is 0.833 bits per heavy atom. The van der Waals surface area contributed by atoms with Gasteiger partial charge in [-0.15, -0.1) is 23.5 Å². The van der Waals surface area contributed by atoms with Gasteiger partial charge in [0, 0.05) is 0 Å². The summed E-state index contributed by atoms with van der Waals surface area (Å²) in [6.45, 7) is 5.19. The molecule has 0 N–H and O–H groups in total. The van der Waals surface area contributed by atoms with Crippen molar-refractivity contribution in [3.05, 3.63) is 0 Å². The standard InChI is InChI=1S/C18H32O4S2/c1-3-5-12-21-16(19)14-23-18(10-8-7-9-11-18)24-15-17(20)22-13-6-4-2/h3-15H2,1-2H3. The average molecular weight is 377 g/mol. The van der Waals surface area contributed by atoms with Crippen molar-refractivity contribution in [1.82, 2.24) is 0 Å². The summed E-state index contributed by atoms with van der Waals surface area (Å²) >= 11 is 3.32. The van der Waals surface area contributed by atoms with Crippen LogP contribution < -0.4 is 0 Å². The molecule has 1 saturated carbocycles. The molecule has 0 unspecified atom stereocenters. The minimum Gasteiger partial charge on any atom is -0.465 e. The molecule has 1 fully saturated rings. The van der Waals surface area contributed by atoms with Crippen LogP contribution in [0.5, 0.6) is 0 Å². The zero-order valence-electron chi connectivity index (χ0n) is 15.1. The second-order valence-electron chi connectivity index (χ2n) is 6.20. The number of rotatable bonds is 12. The molecule has 0 spiro atoms. The van der Waals surface area contributed by atoms with E-state index in [2.05, 4.69) is 13.8 Å². The molecule has 6 heteroatoms. The van der Waals surface area contributed by atoms with Crippen LogP contribution in [0.2, 0.25) is 0 Å². The molecule has 0 amide bonds. The van der Waals surface area contributed by atoms with Crippen molar-refractivity contribution in [2.45, 2.75) is 75.7 Å². The van der Waals surface area contributed by atoms with Gasteiger partial charge in [-0.05, 0) is 25.7 Å². The van der Waals surface area contributed by atoms with Gasteiger partial charge < -0.3 is 9.47 Å². The monoisotopic (exact) mass is 376 g/mol. The Kier molecular flexibility index (Phi) is 11.7. The molecule has 4 nitrogen and oxygen atoms in total. The molecule has 140 valence electrons. The van der Waals surface area contributed by atoms with E-state index < -0.39 is 0 Å². The fourth-order valence-electron chi connectivity index (χ4n) is 2.55. The van der Waals surface area contributed by atoms with E-state index in [-0.39, 0.29) is 16.0 Å². The quantitative estimate of drug-likeness (QED) is 0.277. The third-order valence-electron chi connectivity index (χ3n) is 4.04. The predicted octanol–water partition coefficient (Wildman–Crippen LogP) is 4.80. The number of hydrogen-bond donors (Lipinski definition) is 0. The number of carbonyl (C=O) groups excluding carboxylic acids is 2. The van der Waals surface area contributed by atoms with Crippen LogP contribution in [-0.2, 0) is 19.1 Å². The lowest BCUT2D eigenvalue weighted by Crippen LogP contribution is -2.28. The predicted molar refractivity (Wildman–Crippen MR) is 102 cm³/mol. The first-order chi connectivity index (χ1) is 11.6. The van der Waals surface area contributed by atoms with Crippen LogP contribution in [-0.4, -0.2) is 40.7 Å². The molecule has 0 aromatic heterocycles. The van der Waals surface area contributed by atoms with Crippen LogP contribution in [0.4, 0.5) is 0 Å². The van der Waals surface area contributed by atoms with E-state index >= 15 is 0 Å². The van der Waals surface area contributed by atoms with Crippen molar-refractivity contribution in [3.8, 4) is 0 Å². The maximum atomic E-state index is 11.9. The summed E-state index contributed by atoms with van der Waals surface area (Å²) in [7, 11) is 0. The van der Waals surface area contributed by atoms with Crippen LogP contribution in [0.25, 0.3) is 0 Å². The van der Waals surface area contributed by atoms with Crippen LogP contribution in [0, 0.1) is 0 Å². The van der Waals surface area contributed by atoms with Gasteiger partial charge in [0.25, 0.3) is 0 Å². The van der Waals surface area contributed by atoms with Gasteiger partial charge in [0.2, 0.25) is 0 Å². The minimum atomic E-state index is -0.135. The van der Waals surface area contributed by atoms with Crippen molar-refractivity contribution in [2.24, 2.45) is 0 Å². The normalized spacial score (nSPS) is 16.6. The fraction of sp³-hybridized carbons (Fsp3) is 0.889. The SMILES string of the molecule is CCCCOC(=O)CSC1(SCC(=O)OCCCC)CCCCC1. The molecule has 0 bridgehead atoms. The molecular weight excluding hydrogens is 344 g/mol. The van der Waals surface area contributed by atoms with Gasteiger partial charge in [-0.1, -0.05) is 46.0 Å². The second kappa shape index (κ2) is 12.9. The van der Waals surface area contributed by atoms with E-state index in [0.29, 0.717) is 24.7 Å². The zero-order valence-corrected chi connectivity index (χ0v) is 16.8. The van der Waals surface area contributed by atoms with Crippen LogP contribution in [0.3, 0.4) is 0 Å². The lowest BCUT2D eigenvalue weighted by Gasteiger charge is -2.35. The molecule has 0 radical (unpaired) electrons. The van der Waals surface area contributed by atoms with Gasteiger partial charge in [-0.25, -0.2) is 0 Å². The Bertz CT molecular complexity index is 340. The molecule has 0 aromatic rings. The number of unbranched alkanes of at least 4 members (excludes halogenated alkanes) is 2. The van der Waals surface area contributed by atoms with E-state index in [9.17, 15) is 9.59 Å². The molecule has 1 aliphatic carbocycles. The number of carbonyl (C=O) groups is 2. The molecule has 1 rings (SSSR count). The lowest BCUT2D eigenvalue weighted by atomic mass is 10.00. The molecule has 0 atom stereocenters. The lowest BCUT2D eigenvalue weighted by molar-refractivity contribution is -0.141. The summed E-state index contributed by atoms with van der Waals surface area (Å²) in [6, 6.07) is 0. The molecule has 0 saturated heterocycles. The van der Waals surface area contributed by atoms with Crippen molar-refractivity contribution >= 4 is 35.5 Å². The Balaban J connectivity index is 2.38. The molecule has 0 heterocycles. The summed E-state index contributed by atoms with van der Waals surface area (Å²) in [5.74, 6) is 0.484. The number of hydrogen-bond acceptors (Lipinski definition) is 6. The Labute approximate surface area is 155 Å². The Morgan fingerprint density at radius 2 is 1.29 bits per heavy atom. The second-order valence-corrected chi connectivity index (χ2v) is 9.17. The minimum absolute atomic E-state index is 0.0359. The van der Waals surface area contributed by atoms with Crippen molar-refractivity contribution in [3.63, 3.8) is 0 Å². The van der Waals surface area contributed by atoms with Gasteiger partial charge in [-0.2, -0.15) is 0 Å². The van der Waals surface area contributed by atoms with E-state index in [1.165, 1.54) is 6.42 Å². The summed E-state index contributed by atoms with van der Waals surface area (Å²) in [4.78, 5) is 23.7. The van der Waals surface area contributed by atoms with Gasteiger partial charge in [-0.3, -0.25) is 9.59 Å². The first-order valence-electron chi connectivity index (χ1n) is 9.21. The average Bonchev–Trinajstić information content (AvgIpc) is 2.60. The first kappa shape index (κ1) is 21.7. The largest absolute Gasteiger partial charge is 0.465 e. The van der Waals surface area contributed by atoms with E-state index in [1.54, 1.807) is 23.5 Å². The highest BCUT2D eigenvalue weighted by atomic mass is 32.2. The molecular formula is C18H32O4S2. The first-order valence-corrected chi connectivity index (χ1v) is 11.2. The van der Waals surface area contributed by atoms with Crippen molar-refractivity contribution in [1.29, 1.82) is 0 Å². The molecule has 0 aromatic carbocycles. The highest BCUT2D eigenvalue weighted by Gasteiger charge is 2.34. The highest BCUT2D eigenvalue weighted by molar-refractivity contribution is 8.18. The number of esters is 2. The third kappa shape index (κ3) is 9.21. The van der Waals surface area contributed by atoms with Crippen LogP contribution in [0.1, 0.15) is 71.6 Å². The van der Waals surface area contributed by atoms with Gasteiger partial charge in [0.1, 0.15) is 0 Å². The third-order valence-corrected chi connectivity index (χ3v) is 7.38. The number of thioether (sulfide) groups is 2. The summed E-state index contributed by atoms with van der Waals surface area (Å²) in [5.41, 5.74) is 0. The fourth-order valence-corrected chi connectivity index (χ4v) is 5.32. The smallest absolute Gasteiger partial charge is 0.315 e. The Morgan fingerprint density at radius 3 is 1.71 bits per heavy atom. The van der Waals surface area contributed by atoms with Crippen LogP contribution in [0.15, 0.2) is 0 Å². The summed E-state index contributed by atoms with van der Waals surface area (Å²) in [6.07, 6.45) is 9.55. The maximum Gasteiger partial charge on any atom is 0.315 e. The van der Waals surface area contributed by atoms with Gasteiger partial charge in [0.05, 0.1) is 28.8 Å². The van der Waals surface area contributed by atoms with E-state index in [0.717, 1.165) is 51.4 Å². The van der Waals surface area contributed by atoms with Crippen LogP contribution >= 0.6 is 23.5 Å². The van der Waals surface area contributed by atoms with Crippen molar-refractivity contribution in [2.75, 3.05) is 24.7 Å².